The molecule has 0 bridgehead atoms. The van der Waals surface area contributed by atoms with Crippen LogP contribution in [0.2, 0.25) is 0 Å². The predicted octanol–water partition coefficient (Wildman–Crippen LogP) is 2.27. The van der Waals surface area contributed by atoms with Gasteiger partial charge in [-0.3, -0.25) is 9.80 Å². The summed E-state index contributed by atoms with van der Waals surface area (Å²) in [4.78, 5) is 33.3. The summed E-state index contributed by atoms with van der Waals surface area (Å²) < 4.78 is 5.08. The molecule has 1 aromatic carbocycles. The Morgan fingerprint density at radius 3 is 2.86 bits per heavy atom. The number of carbonyl (C=O) groups excluding carboxylic acids is 2. The Kier molecular flexibility index (Phi) is 5.59. The lowest BCUT2D eigenvalue weighted by Gasteiger charge is -2.22. The van der Waals surface area contributed by atoms with E-state index in [1.807, 2.05) is 30.3 Å². The van der Waals surface area contributed by atoms with E-state index in [9.17, 15) is 9.59 Å². The van der Waals surface area contributed by atoms with Crippen molar-refractivity contribution in [2.24, 2.45) is 5.10 Å². The van der Waals surface area contributed by atoms with Crippen molar-refractivity contribution in [3.05, 3.63) is 40.9 Å². The fourth-order valence-corrected chi connectivity index (χ4v) is 4.53. The van der Waals surface area contributed by atoms with Crippen LogP contribution in [0.5, 0.6) is 0 Å². The summed E-state index contributed by atoms with van der Waals surface area (Å²) in [5.41, 5.74) is 2.04. The van der Waals surface area contributed by atoms with Crippen molar-refractivity contribution in [1.29, 1.82) is 0 Å². The molecule has 2 aliphatic rings. The van der Waals surface area contributed by atoms with E-state index in [0.717, 1.165) is 30.9 Å². The van der Waals surface area contributed by atoms with Crippen molar-refractivity contribution in [1.82, 2.24) is 9.88 Å². The second-order valence-corrected chi connectivity index (χ2v) is 8.12. The smallest absolute Gasteiger partial charge is 0.354 e. The minimum absolute atomic E-state index is 0.188. The van der Waals surface area contributed by atoms with Crippen LogP contribution >= 0.6 is 11.3 Å². The molecule has 0 aliphatic carbocycles. The van der Waals surface area contributed by atoms with Crippen LogP contribution in [0.4, 0.5) is 10.8 Å². The van der Waals surface area contributed by atoms with E-state index < -0.39 is 12.0 Å². The molecule has 1 N–H and O–H groups in total. The normalized spacial score (nSPS) is 18.9. The number of hydrogen-bond acceptors (Lipinski definition) is 8. The number of amides is 1. The first-order chi connectivity index (χ1) is 14.0. The van der Waals surface area contributed by atoms with Crippen LogP contribution in [-0.4, -0.2) is 53.7 Å². The number of hydrogen-bond donors (Lipinski definition) is 1. The van der Waals surface area contributed by atoms with Gasteiger partial charge in [0.25, 0.3) is 5.91 Å². The molecule has 8 nitrogen and oxygen atoms in total. The number of hydrazone groups is 1. The highest BCUT2D eigenvalue weighted by atomic mass is 32.1. The number of benzene rings is 1. The second-order valence-electron chi connectivity index (χ2n) is 7.03. The van der Waals surface area contributed by atoms with E-state index >= 15 is 0 Å². The maximum Gasteiger partial charge on any atom is 0.354 e. The van der Waals surface area contributed by atoms with Gasteiger partial charge in [-0.05, 0) is 26.1 Å². The summed E-state index contributed by atoms with van der Waals surface area (Å²) in [6.45, 7) is 3.82. The third kappa shape index (κ3) is 4.15. The van der Waals surface area contributed by atoms with Crippen molar-refractivity contribution < 1.29 is 14.3 Å². The molecule has 1 unspecified atom stereocenters. The molecule has 152 valence electrons. The standard InChI is InChI=1S/C20H23N5O3S/c1-3-28-19(27)15-11-16(25(23-15)13-7-5-4-6-8-13)18(26)22-20-21-14-9-10-24(2)12-17(14)29-20/h4-8,16H,3,9-12H2,1-2H3,(H,21,22,26). The van der Waals surface area contributed by atoms with Gasteiger partial charge in [0.2, 0.25) is 0 Å². The zero-order valence-electron chi connectivity index (χ0n) is 16.4. The van der Waals surface area contributed by atoms with Crippen LogP contribution in [0.1, 0.15) is 23.9 Å². The van der Waals surface area contributed by atoms with Gasteiger partial charge in [0.1, 0.15) is 11.8 Å². The highest BCUT2D eigenvalue weighted by molar-refractivity contribution is 7.15. The summed E-state index contributed by atoms with van der Waals surface area (Å²) in [7, 11) is 2.07. The Morgan fingerprint density at radius 2 is 2.10 bits per heavy atom. The quantitative estimate of drug-likeness (QED) is 0.757. The molecule has 0 saturated carbocycles. The molecule has 2 aromatic rings. The third-order valence-corrected chi connectivity index (χ3v) is 5.89. The molecule has 3 heterocycles. The van der Waals surface area contributed by atoms with Crippen molar-refractivity contribution in [3.8, 4) is 0 Å². The number of para-hydroxylation sites is 1. The molecule has 0 spiro atoms. The number of carbonyl (C=O) groups is 2. The van der Waals surface area contributed by atoms with Crippen LogP contribution in [0, 0.1) is 0 Å². The van der Waals surface area contributed by atoms with E-state index in [1.54, 1.807) is 11.9 Å². The van der Waals surface area contributed by atoms with Crippen LogP contribution in [0.3, 0.4) is 0 Å². The van der Waals surface area contributed by atoms with Crippen LogP contribution in [-0.2, 0) is 27.3 Å². The number of rotatable bonds is 5. The second kappa shape index (κ2) is 8.30. The topological polar surface area (TPSA) is 87.1 Å². The SMILES string of the molecule is CCOC(=O)C1=NN(c2ccccc2)C(C(=O)Nc2nc3c(s2)CN(C)CC3)C1. The van der Waals surface area contributed by atoms with E-state index in [2.05, 4.69) is 27.3 Å². The monoisotopic (exact) mass is 413 g/mol. The van der Waals surface area contributed by atoms with Gasteiger partial charge in [0, 0.05) is 30.8 Å². The average Bonchev–Trinajstić information content (AvgIpc) is 3.32. The van der Waals surface area contributed by atoms with Gasteiger partial charge in [0.15, 0.2) is 5.13 Å². The van der Waals surface area contributed by atoms with Gasteiger partial charge in [-0.2, -0.15) is 5.10 Å². The molecule has 0 radical (unpaired) electrons. The molecular weight excluding hydrogens is 390 g/mol. The van der Waals surface area contributed by atoms with E-state index in [-0.39, 0.29) is 24.6 Å². The zero-order chi connectivity index (χ0) is 20.4. The lowest BCUT2D eigenvalue weighted by Crippen LogP contribution is -2.38. The highest BCUT2D eigenvalue weighted by Gasteiger charge is 2.37. The van der Waals surface area contributed by atoms with Crippen molar-refractivity contribution in [2.75, 3.05) is 30.5 Å². The van der Waals surface area contributed by atoms with Gasteiger partial charge >= 0.3 is 5.97 Å². The number of aromatic nitrogens is 1. The number of ether oxygens (including phenoxy) is 1. The molecule has 29 heavy (non-hydrogen) atoms. The molecule has 1 aromatic heterocycles. The maximum absolute atomic E-state index is 13.1. The summed E-state index contributed by atoms with van der Waals surface area (Å²) in [6, 6.07) is 8.70. The summed E-state index contributed by atoms with van der Waals surface area (Å²) >= 11 is 1.51. The fourth-order valence-electron chi connectivity index (χ4n) is 3.44. The Hall–Kier alpha value is -2.78. The van der Waals surface area contributed by atoms with E-state index in [1.165, 1.54) is 16.2 Å². The number of nitrogens with zero attached hydrogens (tertiary/aromatic N) is 4. The molecular formula is C20H23N5O3S. The lowest BCUT2D eigenvalue weighted by molar-refractivity contribution is -0.135. The summed E-state index contributed by atoms with van der Waals surface area (Å²) in [5, 5.41) is 9.49. The number of esters is 1. The Balaban J connectivity index is 1.54. The van der Waals surface area contributed by atoms with Crippen LogP contribution < -0.4 is 10.3 Å². The van der Waals surface area contributed by atoms with E-state index in [4.69, 9.17) is 4.74 Å². The van der Waals surface area contributed by atoms with Crippen molar-refractivity contribution >= 4 is 39.7 Å². The molecule has 2 aliphatic heterocycles. The van der Waals surface area contributed by atoms with Gasteiger partial charge < -0.3 is 15.0 Å². The lowest BCUT2D eigenvalue weighted by atomic mass is 10.1. The zero-order valence-corrected chi connectivity index (χ0v) is 17.2. The molecule has 4 rings (SSSR count). The minimum atomic E-state index is -0.639. The third-order valence-electron chi connectivity index (χ3n) is 4.90. The minimum Gasteiger partial charge on any atom is -0.461 e. The highest BCUT2D eigenvalue weighted by Crippen LogP contribution is 2.30. The number of fused-ring (bicyclic) bond motifs is 1. The first-order valence-corrected chi connectivity index (χ1v) is 10.4. The largest absolute Gasteiger partial charge is 0.461 e. The number of thiazole rings is 1. The van der Waals surface area contributed by atoms with Gasteiger partial charge in [-0.25, -0.2) is 9.78 Å². The first kappa shape index (κ1) is 19.5. The Labute approximate surface area is 173 Å². The number of likely N-dealkylation sites (N-methyl/N-ethyl adjacent to an activating group) is 1. The number of anilines is 2. The van der Waals surface area contributed by atoms with Crippen molar-refractivity contribution in [2.45, 2.75) is 32.4 Å². The average molecular weight is 414 g/mol. The van der Waals surface area contributed by atoms with Crippen LogP contribution in [0.25, 0.3) is 0 Å². The summed E-state index contributed by atoms with van der Waals surface area (Å²) in [5.74, 6) is -0.729. The molecule has 9 heteroatoms. The molecule has 1 atom stereocenters. The number of nitrogens with one attached hydrogen (secondary N) is 1. The van der Waals surface area contributed by atoms with Gasteiger partial charge in [-0.1, -0.05) is 18.2 Å². The van der Waals surface area contributed by atoms with Gasteiger partial charge in [-0.15, -0.1) is 11.3 Å². The maximum atomic E-state index is 13.1. The van der Waals surface area contributed by atoms with Crippen LogP contribution in [0.15, 0.2) is 35.4 Å². The fraction of sp³-hybridized carbons (Fsp3) is 0.400. The van der Waals surface area contributed by atoms with Crippen molar-refractivity contribution in [3.63, 3.8) is 0 Å². The molecule has 1 amide bonds. The molecule has 0 fully saturated rings. The Morgan fingerprint density at radius 1 is 1.31 bits per heavy atom. The Bertz CT molecular complexity index is 943. The van der Waals surface area contributed by atoms with Gasteiger partial charge in [0.05, 0.1) is 18.0 Å². The van der Waals surface area contributed by atoms with E-state index in [0.29, 0.717) is 5.13 Å². The summed E-state index contributed by atoms with van der Waals surface area (Å²) in [6.07, 6.45) is 1.07. The predicted molar refractivity (Wildman–Crippen MR) is 112 cm³/mol. The first-order valence-electron chi connectivity index (χ1n) is 9.62. The molecule has 0 saturated heterocycles.